The first-order chi connectivity index (χ1) is 52.6. The molecule has 4 saturated carbocycles. The summed E-state index contributed by atoms with van der Waals surface area (Å²) >= 11 is 12.1. The lowest BCUT2D eigenvalue weighted by molar-refractivity contribution is -0.147. The number of benzene rings is 2. The van der Waals surface area contributed by atoms with Crippen LogP contribution in [0, 0.1) is 58.2 Å². The number of halogens is 2. The van der Waals surface area contributed by atoms with Gasteiger partial charge in [-0.3, -0.25) is 43.2 Å². The summed E-state index contributed by atoms with van der Waals surface area (Å²) in [6, 6.07) is 19.3. The Morgan fingerprint density at radius 2 is 0.964 bits per heavy atom. The molecule has 5 N–H and O–H groups in total. The molecule has 594 valence electrons. The van der Waals surface area contributed by atoms with Crippen molar-refractivity contribution in [3.05, 3.63) is 95.2 Å². The van der Waals surface area contributed by atoms with Crippen molar-refractivity contribution in [2.75, 3.05) is 23.7 Å². The lowest BCUT2D eigenvalue weighted by Gasteiger charge is -2.37. The zero-order valence-corrected chi connectivity index (χ0v) is 66.9. The van der Waals surface area contributed by atoms with Crippen LogP contribution in [0.25, 0.3) is 22.1 Å². The van der Waals surface area contributed by atoms with Crippen LogP contribution in [0.5, 0.6) is 11.8 Å². The van der Waals surface area contributed by atoms with E-state index in [0.29, 0.717) is 71.7 Å². The number of hydrogen-bond acceptors (Lipinski definition) is 18. The van der Waals surface area contributed by atoms with E-state index in [0.717, 1.165) is 112 Å². The second kappa shape index (κ2) is 37.6. The molecule has 11 atom stereocenters. The number of para-hydroxylation sites is 4. The summed E-state index contributed by atoms with van der Waals surface area (Å²) < 4.78 is 12.4. The zero-order valence-electron chi connectivity index (χ0n) is 65.4. The number of amides is 2. The number of aliphatic hydroxyl groups is 1. The molecular formula is C86H114Cl2N10O12. The van der Waals surface area contributed by atoms with E-state index >= 15 is 0 Å². The number of rotatable bonds is 36. The molecular weight excluding hydrogens is 1440 g/mol. The number of Topliss-reactive ketones (excluding diaryl/α,β-unsaturated/α-hetero) is 7. The maximum Gasteiger partial charge on any atom is 0.227 e. The molecule has 2 saturated heterocycles. The Morgan fingerprint density at radius 1 is 0.536 bits per heavy atom. The van der Waals surface area contributed by atoms with Gasteiger partial charge in [0.25, 0.3) is 0 Å². The number of aromatic amines is 2. The van der Waals surface area contributed by atoms with E-state index in [9.17, 15) is 48.3 Å². The van der Waals surface area contributed by atoms with Crippen molar-refractivity contribution in [1.82, 2.24) is 39.7 Å². The number of aromatic nitrogens is 6. The van der Waals surface area contributed by atoms with Gasteiger partial charge in [-0.2, -0.15) is 0 Å². The van der Waals surface area contributed by atoms with Crippen LogP contribution in [0.1, 0.15) is 222 Å². The highest BCUT2D eigenvalue weighted by Gasteiger charge is 2.50. The summed E-state index contributed by atoms with van der Waals surface area (Å²) in [5.41, 5.74) is 2.09. The second-order valence-corrected chi connectivity index (χ2v) is 35.3. The Morgan fingerprint density at radius 3 is 1.36 bits per heavy atom. The number of hydrogen-bond donors (Lipinski definition) is 5. The van der Waals surface area contributed by atoms with E-state index in [1.807, 2.05) is 104 Å². The smallest absolute Gasteiger partial charge is 0.227 e. The minimum absolute atomic E-state index is 0.00869. The van der Waals surface area contributed by atoms with Gasteiger partial charge in [0.15, 0.2) is 34.7 Å². The quantitative estimate of drug-likeness (QED) is 0.0228. The number of carbonyl (C=O) groups excluding carboxylic acids is 9. The lowest BCUT2D eigenvalue weighted by Crippen LogP contribution is -2.49. The van der Waals surface area contributed by atoms with Crippen molar-refractivity contribution in [3.8, 4) is 11.8 Å². The number of fused-ring (bicyclic) bond motifs is 2. The molecule has 4 aromatic heterocycles. The topological polar surface area (TPSA) is 306 Å². The molecule has 0 radical (unpaired) electrons. The number of carbonyl (C=O) groups is 9. The van der Waals surface area contributed by atoms with Crippen LogP contribution in [0.4, 0.5) is 11.9 Å². The van der Waals surface area contributed by atoms with Gasteiger partial charge in [0.2, 0.25) is 41.3 Å². The van der Waals surface area contributed by atoms with Gasteiger partial charge in [0.05, 0.1) is 69.4 Å². The molecule has 6 fully saturated rings. The highest BCUT2D eigenvalue weighted by molar-refractivity contribution is 6.38. The number of ether oxygens (including phenoxy) is 2. The number of H-pyrrole nitrogens is 2. The van der Waals surface area contributed by atoms with Gasteiger partial charge >= 0.3 is 0 Å². The third kappa shape index (κ3) is 22.2. The molecule has 0 bridgehead atoms. The fourth-order valence-electron chi connectivity index (χ4n) is 16.9. The van der Waals surface area contributed by atoms with Crippen molar-refractivity contribution in [2.45, 2.75) is 265 Å². The number of likely N-dealkylation sites (tertiary alicyclic amines) is 2. The summed E-state index contributed by atoms with van der Waals surface area (Å²) in [4.78, 5) is 155. The molecule has 24 heteroatoms. The average molecular weight is 1550 g/mol. The van der Waals surface area contributed by atoms with Gasteiger partial charge < -0.3 is 45.0 Å². The molecule has 2 amide bonds. The van der Waals surface area contributed by atoms with Crippen LogP contribution < -0.4 is 20.1 Å². The Hall–Kier alpha value is -7.95. The number of aliphatic hydroxyl groups excluding tert-OH is 1. The lowest BCUT2D eigenvalue weighted by atomic mass is 9.74. The summed E-state index contributed by atoms with van der Waals surface area (Å²) in [5, 5.41) is 19.0. The maximum atomic E-state index is 14.9. The monoisotopic (exact) mass is 1550 g/mol. The molecule has 2 aromatic carbocycles. The van der Waals surface area contributed by atoms with E-state index in [2.05, 4.69) is 30.6 Å². The first kappa shape index (κ1) is 83.0. The number of pyridine rings is 2. The van der Waals surface area contributed by atoms with Gasteiger partial charge in [-0.05, 0) is 141 Å². The van der Waals surface area contributed by atoms with E-state index in [4.69, 9.17) is 42.6 Å². The first-order valence-corrected chi connectivity index (χ1v) is 41.3. The molecule has 4 aliphatic carbocycles. The van der Waals surface area contributed by atoms with Gasteiger partial charge in [0, 0.05) is 93.6 Å². The predicted octanol–water partition coefficient (Wildman–Crippen LogP) is 15.7. The molecule has 110 heavy (non-hydrogen) atoms. The number of imidazole rings is 2. The SMILES string of the molecule is CCC[C@H](CC(=O)[C@@H]1C[C@@H](Oc2ccc(Cl)cn2)CN1C(=O)[C@@H](CC(=O)[C@@H](Nc1nc2ccccc2[nH]1)C1CCCCC1)C(C)(C)C)C(=O)C(=O)CC1CC1.CCC[C@H](CC(=O)[C@@H]1C[C@@H](Oc2ccc(Cl)cn2)CN1C(=O)[C@@H](CC(=O)[C@@H](Nc1nc2ccccc2[nH]1)C1CCCCC1)C(C)(C)C)C(O)C(=O)CC1CC1. The van der Waals surface area contributed by atoms with Crippen LogP contribution in [0.15, 0.2) is 85.2 Å². The third-order valence-corrected chi connectivity index (χ3v) is 24.0. The molecule has 22 nitrogen and oxygen atoms in total. The number of nitrogens with zero attached hydrogens (tertiary/aromatic N) is 6. The van der Waals surface area contributed by atoms with Gasteiger partial charge in [0.1, 0.15) is 18.3 Å². The molecule has 0 spiro atoms. The Kier molecular flexibility index (Phi) is 28.4. The molecule has 6 aliphatic rings. The van der Waals surface area contributed by atoms with E-state index in [-0.39, 0.29) is 117 Å². The second-order valence-electron chi connectivity index (χ2n) is 34.4. The average Bonchev–Trinajstić information content (AvgIpc) is 1.62. The summed E-state index contributed by atoms with van der Waals surface area (Å²) in [5.74, 6) is -2.59. The van der Waals surface area contributed by atoms with Crippen LogP contribution in [0.2, 0.25) is 10.0 Å². The van der Waals surface area contributed by atoms with Crippen molar-refractivity contribution in [2.24, 2.45) is 58.2 Å². The fourth-order valence-corrected chi connectivity index (χ4v) is 17.2. The zero-order chi connectivity index (χ0) is 78.6. The Labute approximate surface area is 657 Å². The number of nitrogens with one attached hydrogen (secondary N) is 4. The van der Waals surface area contributed by atoms with Crippen LogP contribution in [-0.2, 0) is 43.2 Å². The molecule has 1 unspecified atom stereocenters. The largest absolute Gasteiger partial charge is 0.472 e. The predicted molar refractivity (Wildman–Crippen MR) is 425 cm³/mol. The molecule has 6 aromatic rings. The van der Waals surface area contributed by atoms with E-state index in [1.54, 1.807) is 34.1 Å². The standard InChI is InChI=1S/C43H58ClN5O6.C43H56ClN5O6/c2*1-5-11-28(40(53)37(52)20-26-16-17-26)21-35(50)34-22-30(55-38-19-18-29(44)24-45-38)25-49(34)41(54)31(43(2,3)4)23-36(51)39(27-12-7-6-8-13-27)48-42-46-32-14-9-10-15-33(32)47-42/h9-10,14-15,18-19,24,26-28,30-31,34,39-40,53H,5-8,11-13,16-17,20-23,25H2,1-4H3,(H2,46,47,48);9-10,14-15,18-19,24,26-28,30-31,34,39H,5-8,11-13,16-17,20-23,25H2,1-4H3,(H2,46,47,48)/t28-,30-,31-,34+,39+,40?;28-,30-,31-,34+,39+/m11/s1. The van der Waals surface area contributed by atoms with E-state index < -0.39 is 88.5 Å². The Bertz CT molecular complexity index is 4100. The van der Waals surface area contributed by atoms with Crippen molar-refractivity contribution in [1.29, 1.82) is 0 Å². The summed E-state index contributed by atoms with van der Waals surface area (Å²) in [7, 11) is 0. The molecule has 2 aliphatic heterocycles. The normalized spacial score (nSPS) is 21.2. The number of anilines is 2. The molecule has 12 rings (SSSR count). The summed E-state index contributed by atoms with van der Waals surface area (Å²) in [6.07, 6.45) is 17.6. The minimum Gasteiger partial charge on any atom is -0.472 e. The highest BCUT2D eigenvalue weighted by Crippen LogP contribution is 2.42. The Balaban J connectivity index is 0.000000218. The van der Waals surface area contributed by atoms with Gasteiger partial charge in [-0.15, -0.1) is 0 Å². The van der Waals surface area contributed by atoms with Gasteiger partial charge in [-0.25, -0.2) is 19.9 Å². The maximum absolute atomic E-state index is 14.9. The van der Waals surface area contributed by atoms with E-state index in [1.165, 1.54) is 12.4 Å². The minimum atomic E-state index is -1.23. The van der Waals surface area contributed by atoms with Crippen molar-refractivity contribution < 1.29 is 57.7 Å². The van der Waals surface area contributed by atoms with Crippen molar-refractivity contribution >= 4 is 109 Å². The first-order valence-electron chi connectivity index (χ1n) is 40.6. The molecule has 6 heterocycles. The van der Waals surface area contributed by atoms with Crippen LogP contribution >= 0.6 is 23.2 Å². The third-order valence-electron chi connectivity index (χ3n) is 23.6. The highest BCUT2D eigenvalue weighted by atomic mass is 35.5. The fraction of sp³-hybridized carbons (Fsp3) is 0.616. The van der Waals surface area contributed by atoms with Crippen molar-refractivity contribution in [3.63, 3.8) is 0 Å². The van der Waals surface area contributed by atoms with Crippen LogP contribution in [0.3, 0.4) is 0 Å². The van der Waals surface area contributed by atoms with Gasteiger partial charge in [-0.1, -0.05) is 154 Å². The number of ketones is 7. The summed E-state index contributed by atoms with van der Waals surface area (Å²) in [6.45, 7) is 15.9. The van der Waals surface area contributed by atoms with Crippen LogP contribution in [-0.4, -0.2) is 153 Å².